The van der Waals surface area contributed by atoms with Crippen LogP contribution in [0.5, 0.6) is 0 Å². The summed E-state index contributed by atoms with van der Waals surface area (Å²) in [6.45, 7) is 0.810. The molecule has 2 aliphatic rings. The summed E-state index contributed by atoms with van der Waals surface area (Å²) in [5.41, 5.74) is -0.389. The van der Waals surface area contributed by atoms with Crippen LogP contribution in [-0.2, 0) is 0 Å². The lowest BCUT2D eigenvalue weighted by Gasteiger charge is -2.31. The van der Waals surface area contributed by atoms with E-state index < -0.39 is 0 Å². The summed E-state index contributed by atoms with van der Waals surface area (Å²) in [6.07, 6.45) is 4.95. The molecule has 0 aromatic rings. The van der Waals surface area contributed by atoms with Crippen molar-refractivity contribution in [2.45, 2.75) is 37.3 Å². The SMILES string of the molecule is OC1(CNC2CCC2)CCSC1. The third-order valence-electron chi connectivity index (χ3n) is 2.91. The molecule has 1 unspecified atom stereocenters. The van der Waals surface area contributed by atoms with Gasteiger partial charge in [0.25, 0.3) is 0 Å². The molecule has 0 spiro atoms. The third kappa shape index (κ3) is 1.95. The van der Waals surface area contributed by atoms with Gasteiger partial charge in [-0.05, 0) is 25.0 Å². The Morgan fingerprint density at radius 3 is 2.83 bits per heavy atom. The lowest BCUT2D eigenvalue weighted by Crippen LogP contribution is -2.46. The van der Waals surface area contributed by atoms with Crippen molar-refractivity contribution in [2.24, 2.45) is 0 Å². The van der Waals surface area contributed by atoms with E-state index in [0.717, 1.165) is 24.5 Å². The number of nitrogens with one attached hydrogen (secondary N) is 1. The van der Waals surface area contributed by atoms with Crippen LogP contribution in [0.2, 0.25) is 0 Å². The highest BCUT2D eigenvalue weighted by Gasteiger charge is 2.32. The second kappa shape index (κ2) is 3.56. The molecule has 70 valence electrons. The van der Waals surface area contributed by atoms with Gasteiger partial charge >= 0.3 is 0 Å². The van der Waals surface area contributed by atoms with Gasteiger partial charge in [0, 0.05) is 18.3 Å². The van der Waals surface area contributed by atoms with E-state index in [1.807, 2.05) is 11.8 Å². The van der Waals surface area contributed by atoms with Gasteiger partial charge in [0.2, 0.25) is 0 Å². The van der Waals surface area contributed by atoms with Crippen LogP contribution in [0.1, 0.15) is 25.7 Å². The molecule has 0 aromatic carbocycles. The predicted molar refractivity (Wildman–Crippen MR) is 52.5 cm³/mol. The first kappa shape index (κ1) is 8.85. The number of thioether (sulfide) groups is 1. The van der Waals surface area contributed by atoms with Crippen LogP contribution in [0.3, 0.4) is 0 Å². The fourth-order valence-corrected chi connectivity index (χ4v) is 2.98. The van der Waals surface area contributed by atoms with Gasteiger partial charge in [0.15, 0.2) is 0 Å². The highest BCUT2D eigenvalue weighted by molar-refractivity contribution is 7.99. The molecular weight excluding hydrogens is 170 g/mol. The van der Waals surface area contributed by atoms with E-state index in [4.69, 9.17) is 0 Å². The van der Waals surface area contributed by atoms with Crippen molar-refractivity contribution in [1.29, 1.82) is 0 Å². The molecule has 0 radical (unpaired) electrons. The maximum absolute atomic E-state index is 9.98. The minimum Gasteiger partial charge on any atom is -0.388 e. The lowest BCUT2D eigenvalue weighted by molar-refractivity contribution is 0.0609. The standard InChI is InChI=1S/C9H17NOS/c11-9(4-5-12-7-9)6-10-8-2-1-3-8/h8,10-11H,1-7H2. The summed E-state index contributed by atoms with van der Waals surface area (Å²) in [6, 6.07) is 0.708. The zero-order valence-electron chi connectivity index (χ0n) is 7.38. The maximum Gasteiger partial charge on any atom is 0.0869 e. The van der Waals surface area contributed by atoms with E-state index in [9.17, 15) is 5.11 Å². The molecule has 1 heterocycles. The van der Waals surface area contributed by atoms with Gasteiger partial charge < -0.3 is 10.4 Å². The molecule has 12 heavy (non-hydrogen) atoms. The van der Waals surface area contributed by atoms with Crippen molar-refractivity contribution in [1.82, 2.24) is 5.32 Å². The quantitative estimate of drug-likeness (QED) is 0.691. The zero-order chi connectivity index (χ0) is 8.44. The average molecular weight is 187 g/mol. The predicted octanol–water partition coefficient (Wildman–Crippen LogP) is 0.996. The number of rotatable bonds is 3. The van der Waals surface area contributed by atoms with Crippen LogP contribution < -0.4 is 5.32 Å². The number of hydrogen-bond acceptors (Lipinski definition) is 3. The van der Waals surface area contributed by atoms with Gasteiger partial charge in [-0.15, -0.1) is 0 Å². The fraction of sp³-hybridized carbons (Fsp3) is 1.00. The Bertz CT molecular complexity index is 153. The summed E-state index contributed by atoms with van der Waals surface area (Å²) < 4.78 is 0. The highest BCUT2D eigenvalue weighted by Crippen LogP contribution is 2.28. The van der Waals surface area contributed by atoms with Crippen molar-refractivity contribution in [3.05, 3.63) is 0 Å². The molecule has 2 N–H and O–H groups in total. The molecule has 0 aromatic heterocycles. The molecule has 0 amide bonds. The van der Waals surface area contributed by atoms with E-state index in [1.54, 1.807) is 0 Å². The Morgan fingerprint density at radius 2 is 2.33 bits per heavy atom. The zero-order valence-corrected chi connectivity index (χ0v) is 8.20. The summed E-state index contributed by atoms with van der Waals surface area (Å²) >= 11 is 1.87. The van der Waals surface area contributed by atoms with E-state index in [1.165, 1.54) is 19.3 Å². The topological polar surface area (TPSA) is 32.3 Å². The molecule has 1 aliphatic carbocycles. The van der Waals surface area contributed by atoms with E-state index >= 15 is 0 Å². The number of aliphatic hydroxyl groups is 1. The first-order valence-corrected chi connectivity index (χ1v) is 5.98. The lowest BCUT2D eigenvalue weighted by atomic mass is 9.92. The van der Waals surface area contributed by atoms with Crippen molar-refractivity contribution in [3.63, 3.8) is 0 Å². The Hall–Kier alpha value is 0.270. The van der Waals surface area contributed by atoms with Crippen LogP contribution in [0.25, 0.3) is 0 Å². The van der Waals surface area contributed by atoms with E-state index in [2.05, 4.69) is 5.32 Å². The van der Waals surface area contributed by atoms with Gasteiger partial charge in [0.05, 0.1) is 5.60 Å². The van der Waals surface area contributed by atoms with Crippen LogP contribution >= 0.6 is 11.8 Å². The van der Waals surface area contributed by atoms with Crippen molar-refractivity contribution < 1.29 is 5.11 Å². The third-order valence-corrected chi connectivity index (χ3v) is 4.14. The Kier molecular flexibility index (Phi) is 2.63. The molecule has 1 saturated carbocycles. The van der Waals surface area contributed by atoms with Crippen molar-refractivity contribution >= 4 is 11.8 Å². The van der Waals surface area contributed by atoms with Gasteiger partial charge in [-0.3, -0.25) is 0 Å². The Labute approximate surface area is 78.1 Å². The molecule has 0 bridgehead atoms. The largest absolute Gasteiger partial charge is 0.388 e. The summed E-state index contributed by atoms with van der Waals surface area (Å²) in [5.74, 6) is 2.05. The molecule has 1 atom stereocenters. The average Bonchev–Trinajstić information content (AvgIpc) is 2.33. The van der Waals surface area contributed by atoms with Crippen LogP contribution in [0.4, 0.5) is 0 Å². The maximum atomic E-state index is 9.98. The van der Waals surface area contributed by atoms with Crippen LogP contribution in [-0.4, -0.2) is 34.8 Å². The smallest absolute Gasteiger partial charge is 0.0869 e. The van der Waals surface area contributed by atoms with Gasteiger partial charge in [-0.25, -0.2) is 0 Å². The Balaban J connectivity index is 1.70. The molecule has 2 nitrogen and oxygen atoms in total. The fourth-order valence-electron chi connectivity index (χ4n) is 1.68. The number of hydrogen-bond donors (Lipinski definition) is 2. The molecule has 3 heteroatoms. The van der Waals surface area contributed by atoms with Gasteiger partial charge in [-0.2, -0.15) is 11.8 Å². The monoisotopic (exact) mass is 187 g/mol. The van der Waals surface area contributed by atoms with Gasteiger partial charge in [0.1, 0.15) is 0 Å². The highest BCUT2D eigenvalue weighted by atomic mass is 32.2. The first-order valence-electron chi connectivity index (χ1n) is 4.82. The van der Waals surface area contributed by atoms with Gasteiger partial charge in [-0.1, -0.05) is 6.42 Å². The van der Waals surface area contributed by atoms with Crippen molar-refractivity contribution in [2.75, 3.05) is 18.1 Å². The van der Waals surface area contributed by atoms with Crippen molar-refractivity contribution in [3.8, 4) is 0 Å². The minimum atomic E-state index is -0.389. The van der Waals surface area contributed by atoms with E-state index in [-0.39, 0.29) is 5.60 Å². The molecule has 1 saturated heterocycles. The molecular formula is C9H17NOS. The Morgan fingerprint density at radius 1 is 1.50 bits per heavy atom. The van der Waals surface area contributed by atoms with E-state index in [0.29, 0.717) is 6.04 Å². The molecule has 2 fully saturated rings. The second-order valence-corrected chi connectivity index (χ2v) is 5.14. The summed E-state index contributed by atoms with van der Waals surface area (Å²) in [7, 11) is 0. The second-order valence-electron chi connectivity index (χ2n) is 4.04. The molecule has 2 rings (SSSR count). The summed E-state index contributed by atoms with van der Waals surface area (Å²) in [5, 5.41) is 13.4. The van der Waals surface area contributed by atoms with Crippen LogP contribution in [0.15, 0.2) is 0 Å². The normalized spacial score (nSPS) is 36.8. The van der Waals surface area contributed by atoms with Crippen LogP contribution in [0, 0.1) is 0 Å². The summed E-state index contributed by atoms with van der Waals surface area (Å²) in [4.78, 5) is 0. The molecule has 1 aliphatic heterocycles. The minimum absolute atomic E-state index is 0.389. The first-order chi connectivity index (χ1) is 5.79.